The quantitative estimate of drug-likeness (QED) is 0.576. The predicted octanol–water partition coefficient (Wildman–Crippen LogP) is 4.24. The third kappa shape index (κ3) is 4.03. The van der Waals surface area contributed by atoms with Crippen LogP contribution in [0, 0.1) is 32.6 Å². The van der Waals surface area contributed by atoms with Crippen molar-refractivity contribution in [3.63, 3.8) is 0 Å². The normalized spacial score (nSPS) is 23.2. The van der Waals surface area contributed by atoms with Crippen molar-refractivity contribution < 1.29 is 19.1 Å². The predicted molar refractivity (Wildman–Crippen MR) is 107 cm³/mol. The van der Waals surface area contributed by atoms with Gasteiger partial charge >= 0.3 is 6.09 Å². The van der Waals surface area contributed by atoms with Gasteiger partial charge in [0.05, 0.1) is 6.26 Å². The van der Waals surface area contributed by atoms with Crippen LogP contribution in [0.25, 0.3) is 0 Å². The molecule has 1 aromatic carbocycles. The van der Waals surface area contributed by atoms with Crippen LogP contribution >= 0.6 is 0 Å². The van der Waals surface area contributed by atoms with E-state index in [-0.39, 0.29) is 23.6 Å². The Morgan fingerprint density at radius 3 is 2.36 bits per heavy atom. The summed E-state index contributed by atoms with van der Waals surface area (Å²) in [4.78, 5) is 39.3. The van der Waals surface area contributed by atoms with Crippen LogP contribution in [0.4, 0.5) is 4.79 Å². The lowest BCUT2D eigenvalue weighted by molar-refractivity contribution is -0.125. The van der Waals surface area contributed by atoms with Gasteiger partial charge in [0.25, 0.3) is 0 Å². The van der Waals surface area contributed by atoms with E-state index in [9.17, 15) is 14.4 Å². The Balaban J connectivity index is 1.65. The first-order valence-electron chi connectivity index (χ1n) is 10.0. The topological polar surface area (TPSA) is 63.7 Å². The zero-order chi connectivity index (χ0) is 20.4. The highest BCUT2D eigenvalue weighted by atomic mass is 16.5. The maximum absolute atomic E-state index is 13.1. The van der Waals surface area contributed by atoms with Gasteiger partial charge < -0.3 is 9.64 Å². The number of benzene rings is 1. The van der Waals surface area contributed by atoms with Gasteiger partial charge in [-0.25, -0.2) is 4.79 Å². The number of aryl methyl sites for hydroxylation is 3. The van der Waals surface area contributed by atoms with Crippen LogP contribution in [-0.4, -0.2) is 35.6 Å². The maximum Gasteiger partial charge on any atom is 0.414 e. The van der Waals surface area contributed by atoms with Crippen LogP contribution in [-0.2, 0) is 14.3 Å². The molecule has 0 radical (unpaired) electrons. The van der Waals surface area contributed by atoms with Gasteiger partial charge in [0, 0.05) is 25.4 Å². The number of piperidine rings is 1. The molecule has 5 heteroatoms. The van der Waals surface area contributed by atoms with Crippen molar-refractivity contribution >= 4 is 17.7 Å². The number of hydrogen-bond donors (Lipinski definition) is 0. The zero-order valence-electron chi connectivity index (χ0n) is 17.0. The lowest BCUT2D eigenvalue weighted by Gasteiger charge is -2.31. The van der Waals surface area contributed by atoms with E-state index in [4.69, 9.17) is 4.74 Å². The van der Waals surface area contributed by atoms with E-state index in [0.717, 1.165) is 47.8 Å². The number of carbonyl (C=O) groups excluding carboxylic acids is 3. The molecule has 1 saturated carbocycles. The number of ether oxygens (including phenoxy) is 1. The molecular formula is C23H29NO4. The van der Waals surface area contributed by atoms with Gasteiger partial charge in [-0.3, -0.25) is 9.59 Å². The minimum atomic E-state index is -0.603. The maximum atomic E-state index is 13.1. The Morgan fingerprint density at radius 1 is 1.18 bits per heavy atom. The summed E-state index contributed by atoms with van der Waals surface area (Å²) in [5.41, 5.74) is 4.11. The van der Waals surface area contributed by atoms with E-state index in [1.54, 1.807) is 4.90 Å². The highest BCUT2D eigenvalue weighted by Crippen LogP contribution is 2.39. The van der Waals surface area contributed by atoms with Crippen molar-refractivity contribution in [2.75, 3.05) is 13.1 Å². The Kier molecular flexibility index (Phi) is 6.01. The molecule has 1 saturated heterocycles. The number of carbonyl (C=O) groups is 3. The molecule has 0 aromatic heterocycles. The fraction of sp³-hybridized carbons (Fsp3) is 0.522. The van der Waals surface area contributed by atoms with Crippen molar-refractivity contribution in [2.24, 2.45) is 11.8 Å². The standard InChI is InChI=1S/C23H29NO4/c1-5-28-23(27)24-8-6-17(7-9-24)12-18-13-19(25)21(22(18)26)20-15(3)10-14(2)11-16(20)4/h5,10-11,17-18,21H,1,6-9,12-13H2,2-4H3. The minimum absolute atomic E-state index is 0.0528. The molecule has 1 aliphatic heterocycles. The van der Waals surface area contributed by atoms with Crippen molar-refractivity contribution in [1.82, 2.24) is 4.90 Å². The average molecular weight is 383 g/mol. The molecule has 28 heavy (non-hydrogen) atoms. The van der Waals surface area contributed by atoms with Crippen LogP contribution in [0.1, 0.15) is 53.9 Å². The summed E-state index contributed by atoms with van der Waals surface area (Å²) in [6.45, 7) is 10.6. The number of ketones is 2. The summed E-state index contributed by atoms with van der Waals surface area (Å²) in [6.07, 6.45) is 3.51. The molecule has 1 heterocycles. The SMILES string of the molecule is C=COC(=O)N1CCC(CC2CC(=O)C(c3c(C)cc(C)cc3C)C2=O)CC1. The average Bonchev–Trinajstić information content (AvgIpc) is 2.89. The molecule has 2 atom stereocenters. The van der Waals surface area contributed by atoms with E-state index in [1.165, 1.54) is 0 Å². The van der Waals surface area contributed by atoms with E-state index < -0.39 is 5.92 Å². The highest BCUT2D eigenvalue weighted by Gasteiger charge is 2.44. The summed E-state index contributed by atoms with van der Waals surface area (Å²) in [5, 5.41) is 0. The Labute approximate surface area is 166 Å². The molecule has 150 valence electrons. The fourth-order valence-electron chi connectivity index (χ4n) is 4.90. The number of rotatable bonds is 4. The molecule has 2 aliphatic rings. The third-order valence-electron chi connectivity index (χ3n) is 6.16. The Morgan fingerprint density at radius 2 is 1.79 bits per heavy atom. The molecule has 2 fully saturated rings. The second-order valence-corrected chi connectivity index (χ2v) is 8.23. The lowest BCUT2D eigenvalue weighted by atomic mass is 9.83. The van der Waals surface area contributed by atoms with Crippen molar-refractivity contribution in [3.8, 4) is 0 Å². The molecule has 0 N–H and O–H groups in total. The second kappa shape index (κ2) is 8.29. The summed E-state index contributed by atoms with van der Waals surface area (Å²) < 4.78 is 4.83. The van der Waals surface area contributed by atoms with Crippen LogP contribution < -0.4 is 0 Å². The van der Waals surface area contributed by atoms with Gasteiger partial charge in [0.15, 0.2) is 5.78 Å². The van der Waals surface area contributed by atoms with Crippen LogP contribution in [0.5, 0.6) is 0 Å². The van der Waals surface area contributed by atoms with Gasteiger partial charge in [-0.05, 0) is 62.6 Å². The van der Waals surface area contributed by atoms with E-state index >= 15 is 0 Å². The summed E-state index contributed by atoms with van der Waals surface area (Å²) >= 11 is 0. The summed E-state index contributed by atoms with van der Waals surface area (Å²) in [7, 11) is 0. The van der Waals surface area contributed by atoms with Gasteiger partial charge in [0.1, 0.15) is 11.7 Å². The van der Waals surface area contributed by atoms with Crippen molar-refractivity contribution in [1.29, 1.82) is 0 Å². The first-order chi connectivity index (χ1) is 13.3. The van der Waals surface area contributed by atoms with Crippen LogP contribution in [0.15, 0.2) is 25.0 Å². The Bertz CT molecular complexity index is 782. The Hall–Kier alpha value is -2.43. The van der Waals surface area contributed by atoms with E-state index in [2.05, 4.69) is 6.58 Å². The molecule has 5 nitrogen and oxygen atoms in total. The van der Waals surface area contributed by atoms with Crippen LogP contribution in [0.2, 0.25) is 0 Å². The largest absolute Gasteiger partial charge is 0.419 e. The molecular weight excluding hydrogens is 354 g/mol. The third-order valence-corrected chi connectivity index (χ3v) is 6.16. The molecule has 1 aromatic rings. The van der Waals surface area contributed by atoms with E-state index in [1.807, 2.05) is 32.9 Å². The highest BCUT2D eigenvalue weighted by molar-refractivity contribution is 6.15. The van der Waals surface area contributed by atoms with Gasteiger partial charge in [-0.15, -0.1) is 0 Å². The molecule has 0 spiro atoms. The number of nitrogens with zero attached hydrogens (tertiary/aromatic N) is 1. The van der Waals surface area contributed by atoms with E-state index in [0.29, 0.717) is 25.4 Å². The minimum Gasteiger partial charge on any atom is -0.419 e. The van der Waals surface area contributed by atoms with Gasteiger partial charge in [-0.1, -0.05) is 24.3 Å². The number of likely N-dealkylation sites (tertiary alicyclic amines) is 1. The smallest absolute Gasteiger partial charge is 0.414 e. The van der Waals surface area contributed by atoms with Crippen molar-refractivity contribution in [3.05, 3.63) is 47.2 Å². The lowest BCUT2D eigenvalue weighted by Crippen LogP contribution is -2.38. The molecule has 2 unspecified atom stereocenters. The second-order valence-electron chi connectivity index (χ2n) is 8.23. The summed E-state index contributed by atoms with van der Waals surface area (Å²) in [5.74, 6) is -0.318. The molecule has 1 amide bonds. The number of hydrogen-bond acceptors (Lipinski definition) is 4. The van der Waals surface area contributed by atoms with Crippen LogP contribution in [0.3, 0.4) is 0 Å². The monoisotopic (exact) mass is 383 g/mol. The van der Waals surface area contributed by atoms with Gasteiger partial charge in [-0.2, -0.15) is 0 Å². The van der Waals surface area contributed by atoms with Gasteiger partial charge in [0.2, 0.25) is 0 Å². The molecule has 0 bridgehead atoms. The first-order valence-corrected chi connectivity index (χ1v) is 10.0. The summed E-state index contributed by atoms with van der Waals surface area (Å²) in [6, 6.07) is 4.10. The molecule has 3 rings (SSSR count). The van der Waals surface area contributed by atoms with Crippen molar-refractivity contribution in [2.45, 2.75) is 52.4 Å². The first kappa shape index (κ1) is 20.3. The zero-order valence-corrected chi connectivity index (χ0v) is 17.0. The number of amides is 1. The molecule has 1 aliphatic carbocycles. The fourth-order valence-corrected chi connectivity index (χ4v) is 4.90. The number of Topliss-reactive ketones (excluding diaryl/α,β-unsaturated/α-hetero) is 2.